The molecule has 0 rings (SSSR count). The van der Waals surface area contributed by atoms with Gasteiger partial charge in [-0.15, -0.1) is 0 Å². The Kier molecular flexibility index (Phi) is 32.0. The van der Waals surface area contributed by atoms with Gasteiger partial charge in [0.05, 0.1) is 47.5 Å². The molecule has 0 radical (unpaired) electrons. The number of phosphoric acid groups is 1. The van der Waals surface area contributed by atoms with Crippen LogP contribution in [0.15, 0.2) is 0 Å². The van der Waals surface area contributed by atoms with Gasteiger partial charge in [0.1, 0.15) is 19.0 Å². The van der Waals surface area contributed by atoms with E-state index >= 15 is 0 Å². The number of unbranched alkanes of at least 4 members (excludes halogenated alkanes) is 22. The number of ether oxygens (including phenoxy) is 2. The lowest BCUT2D eigenvalue weighted by Gasteiger charge is -2.25. The molecule has 0 aliphatic heterocycles. The first kappa shape index (κ1) is 44.7. The van der Waals surface area contributed by atoms with Crippen molar-refractivity contribution in [2.75, 3.05) is 60.7 Å². The minimum atomic E-state index is -4.42. The fourth-order valence-corrected chi connectivity index (χ4v) is 6.20. The summed E-state index contributed by atoms with van der Waals surface area (Å²) in [6.45, 7) is 4.03. The van der Waals surface area contributed by atoms with Crippen LogP contribution in [0, 0.1) is 0 Å². The maximum absolute atomic E-state index is 12.2. The lowest BCUT2D eigenvalue weighted by Crippen LogP contribution is -2.35. The Morgan fingerprint density at radius 1 is 0.600 bits per heavy atom. The first-order valence-electron chi connectivity index (χ1n) is 18.7. The minimum Gasteiger partial charge on any atom is -0.756 e. The van der Waals surface area contributed by atoms with Crippen LogP contribution in [0.2, 0.25) is 0 Å². The fourth-order valence-electron chi connectivity index (χ4n) is 5.42. The monoisotopic (exact) mass is 664 g/mol. The molecule has 0 aliphatic rings. The Bertz CT molecular complexity index is 674. The van der Waals surface area contributed by atoms with E-state index in [2.05, 4.69) is 28.1 Å². The van der Waals surface area contributed by atoms with Crippen LogP contribution >= 0.6 is 7.82 Å². The van der Waals surface area contributed by atoms with Gasteiger partial charge in [0.25, 0.3) is 7.82 Å². The van der Waals surface area contributed by atoms with E-state index in [0.29, 0.717) is 19.3 Å². The molecule has 0 N–H and O–H groups in total. The quantitative estimate of drug-likeness (QED) is 0.0283. The highest BCUT2D eigenvalue weighted by atomic mass is 31.2. The zero-order chi connectivity index (χ0) is 33.3. The first-order valence-corrected chi connectivity index (χ1v) is 20.2. The number of hydrogen-bond donors (Lipinski definition) is 0. The summed E-state index contributed by atoms with van der Waals surface area (Å²) >= 11 is 0. The molecule has 45 heavy (non-hydrogen) atoms. The van der Waals surface area contributed by atoms with Crippen molar-refractivity contribution in [2.24, 2.45) is 0 Å². The molecule has 2 atom stereocenters. The molecule has 0 heterocycles. The number of carbonyl (C=O) groups is 1. The summed E-state index contributed by atoms with van der Waals surface area (Å²) in [5.41, 5.74) is 0. The van der Waals surface area contributed by atoms with Crippen LogP contribution in [-0.4, -0.2) is 77.6 Å². The van der Waals surface area contributed by atoms with E-state index in [-0.39, 0.29) is 26.4 Å². The maximum Gasteiger partial charge on any atom is 0.267 e. The van der Waals surface area contributed by atoms with Crippen LogP contribution in [-0.2, 0) is 27.9 Å². The number of aldehydes is 1. The van der Waals surface area contributed by atoms with Crippen molar-refractivity contribution < 1.29 is 37.3 Å². The molecule has 0 bridgehead atoms. The molecule has 8 nitrogen and oxygen atoms in total. The molecule has 0 saturated heterocycles. The molecular formula is C36H74NO7P. The van der Waals surface area contributed by atoms with Crippen molar-refractivity contribution in [1.82, 2.24) is 0 Å². The molecule has 2 unspecified atom stereocenters. The summed E-state index contributed by atoms with van der Waals surface area (Å²) in [6, 6.07) is 0. The SMILES string of the molecule is CCCCCCCCCCCCCCCCCCOCC(COP(=O)([O-])OCCCCCCCCCC[N+](C)(C)C)OCC=O. The molecule has 0 aromatic heterocycles. The molecule has 0 fully saturated rings. The average Bonchev–Trinajstić information content (AvgIpc) is 2.99. The van der Waals surface area contributed by atoms with E-state index in [9.17, 15) is 14.3 Å². The van der Waals surface area contributed by atoms with Gasteiger partial charge in [-0.2, -0.15) is 0 Å². The minimum absolute atomic E-state index is 0.125. The van der Waals surface area contributed by atoms with Crippen molar-refractivity contribution in [3.8, 4) is 0 Å². The Morgan fingerprint density at radius 3 is 1.47 bits per heavy atom. The van der Waals surface area contributed by atoms with E-state index in [1.54, 1.807) is 0 Å². The number of phosphoric ester groups is 1. The fraction of sp³-hybridized carbons (Fsp3) is 0.972. The summed E-state index contributed by atoms with van der Waals surface area (Å²) in [7, 11) is 2.26. The highest BCUT2D eigenvalue weighted by molar-refractivity contribution is 7.45. The van der Waals surface area contributed by atoms with Crippen molar-refractivity contribution >= 4 is 14.1 Å². The summed E-state index contributed by atoms with van der Waals surface area (Å²) < 4.78 is 34.4. The smallest absolute Gasteiger partial charge is 0.267 e. The third kappa shape index (κ3) is 36.3. The summed E-state index contributed by atoms with van der Waals surface area (Å²) in [4.78, 5) is 22.9. The molecule has 0 spiro atoms. The van der Waals surface area contributed by atoms with Crippen LogP contribution < -0.4 is 4.89 Å². The van der Waals surface area contributed by atoms with Gasteiger partial charge >= 0.3 is 0 Å². The van der Waals surface area contributed by atoms with Gasteiger partial charge in [0.15, 0.2) is 0 Å². The van der Waals surface area contributed by atoms with Gasteiger partial charge in [-0.3, -0.25) is 4.57 Å². The maximum atomic E-state index is 12.2. The number of rotatable bonds is 37. The van der Waals surface area contributed by atoms with E-state index < -0.39 is 13.9 Å². The van der Waals surface area contributed by atoms with Crippen molar-refractivity contribution in [3.05, 3.63) is 0 Å². The van der Waals surface area contributed by atoms with Gasteiger partial charge in [0.2, 0.25) is 0 Å². The number of quaternary nitrogens is 1. The second-order valence-electron chi connectivity index (χ2n) is 13.9. The predicted molar refractivity (Wildman–Crippen MR) is 186 cm³/mol. The van der Waals surface area contributed by atoms with Crippen LogP contribution in [0.3, 0.4) is 0 Å². The lowest BCUT2D eigenvalue weighted by molar-refractivity contribution is -0.870. The molecule has 9 heteroatoms. The first-order chi connectivity index (χ1) is 21.7. The Hall–Kier alpha value is -0.340. The third-order valence-corrected chi connectivity index (χ3v) is 9.20. The Balaban J connectivity index is 3.72. The second-order valence-corrected chi connectivity index (χ2v) is 15.3. The third-order valence-electron chi connectivity index (χ3n) is 8.24. The summed E-state index contributed by atoms with van der Waals surface area (Å²) in [5.74, 6) is 0. The van der Waals surface area contributed by atoms with E-state index in [0.717, 1.165) is 30.2 Å². The van der Waals surface area contributed by atoms with Crippen LogP contribution in [0.25, 0.3) is 0 Å². The Morgan fingerprint density at radius 2 is 1.02 bits per heavy atom. The van der Waals surface area contributed by atoms with E-state index in [4.69, 9.17) is 18.5 Å². The highest BCUT2D eigenvalue weighted by Crippen LogP contribution is 2.38. The number of nitrogens with zero attached hydrogens (tertiary/aromatic N) is 1. The molecule has 0 aromatic carbocycles. The standard InChI is InChI=1S/C36H74NO7P/c1-5-6-7-8-9-10-11-12-13-14-15-16-18-21-24-27-31-41-34-36(42-33-30-38)35-44-45(39,40)43-32-28-25-22-19-17-20-23-26-29-37(2,3)4/h30,36H,5-29,31-35H2,1-4H3. The topological polar surface area (TPSA) is 94.1 Å². The van der Waals surface area contributed by atoms with Crippen LogP contribution in [0.4, 0.5) is 0 Å². The van der Waals surface area contributed by atoms with Crippen LogP contribution in [0.1, 0.15) is 161 Å². The highest BCUT2D eigenvalue weighted by Gasteiger charge is 2.16. The van der Waals surface area contributed by atoms with Crippen LogP contribution in [0.5, 0.6) is 0 Å². The lowest BCUT2D eigenvalue weighted by atomic mass is 10.0. The average molecular weight is 664 g/mol. The summed E-state index contributed by atoms with van der Waals surface area (Å²) in [5, 5.41) is 0. The number of hydrogen-bond acceptors (Lipinski definition) is 7. The van der Waals surface area contributed by atoms with Crippen molar-refractivity contribution in [3.63, 3.8) is 0 Å². The predicted octanol–water partition coefficient (Wildman–Crippen LogP) is 9.18. The van der Waals surface area contributed by atoms with Crippen molar-refractivity contribution in [1.29, 1.82) is 0 Å². The molecular weight excluding hydrogens is 589 g/mol. The van der Waals surface area contributed by atoms with E-state index in [1.165, 1.54) is 129 Å². The van der Waals surface area contributed by atoms with Crippen molar-refractivity contribution in [2.45, 2.75) is 167 Å². The molecule has 270 valence electrons. The molecule has 0 aromatic rings. The van der Waals surface area contributed by atoms with Gasteiger partial charge in [-0.25, -0.2) is 0 Å². The number of carbonyl (C=O) groups excluding carboxylic acids is 1. The largest absolute Gasteiger partial charge is 0.756 e. The summed E-state index contributed by atoms with van der Waals surface area (Å²) in [6.07, 6.45) is 30.0. The molecule has 0 aliphatic carbocycles. The molecule has 0 saturated carbocycles. The Labute approximate surface area is 278 Å². The molecule has 0 amide bonds. The zero-order valence-electron chi connectivity index (χ0n) is 30.1. The van der Waals surface area contributed by atoms with E-state index in [1.807, 2.05) is 0 Å². The van der Waals surface area contributed by atoms with Gasteiger partial charge < -0.3 is 32.7 Å². The normalized spacial score (nSPS) is 14.1. The van der Waals surface area contributed by atoms with Gasteiger partial charge in [0, 0.05) is 6.61 Å². The second kappa shape index (κ2) is 32.2. The van der Waals surface area contributed by atoms with Gasteiger partial charge in [-0.05, 0) is 25.7 Å². The van der Waals surface area contributed by atoms with Gasteiger partial charge in [-0.1, -0.05) is 135 Å². The zero-order valence-corrected chi connectivity index (χ0v) is 31.0.